The summed E-state index contributed by atoms with van der Waals surface area (Å²) in [5, 5.41) is 14.6. The minimum absolute atomic E-state index is 0.0176. The second-order valence-corrected chi connectivity index (χ2v) is 5.50. The molecule has 1 aromatic rings. The number of amides is 1. The molecule has 4 N–H and O–H groups in total. The van der Waals surface area contributed by atoms with E-state index in [1.807, 2.05) is 26.0 Å². The number of nitrogens with zero attached hydrogens (tertiary/aromatic N) is 1. The van der Waals surface area contributed by atoms with Gasteiger partial charge in [-0.25, -0.2) is 0 Å². The van der Waals surface area contributed by atoms with E-state index in [1.54, 1.807) is 13.0 Å². The van der Waals surface area contributed by atoms with E-state index < -0.39 is 5.54 Å². The average molecular weight is 328 g/mol. The highest BCUT2D eigenvalue weighted by Gasteiger charge is 2.30. The van der Waals surface area contributed by atoms with Gasteiger partial charge in [-0.15, -0.1) is 0 Å². The van der Waals surface area contributed by atoms with E-state index in [9.17, 15) is 4.79 Å². The standard InChI is InChI=1S/C13H18BrN3O2/c1-4-13(3,12(15)17-19)16-11(18)10-7-9(14)6-5-8(10)2/h5-7,19H,4H2,1-3H3,(H2,15,17)(H,16,18). The second-order valence-electron chi connectivity index (χ2n) is 4.58. The molecule has 0 aliphatic carbocycles. The number of hydrogen-bond donors (Lipinski definition) is 3. The molecule has 0 aliphatic rings. The van der Waals surface area contributed by atoms with Crippen molar-refractivity contribution in [2.75, 3.05) is 0 Å². The maximum Gasteiger partial charge on any atom is 0.252 e. The molecule has 0 fully saturated rings. The Morgan fingerprint density at radius 1 is 1.58 bits per heavy atom. The minimum Gasteiger partial charge on any atom is -0.409 e. The van der Waals surface area contributed by atoms with E-state index in [-0.39, 0.29) is 11.7 Å². The number of rotatable bonds is 4. The van der Waals surface area contributed by atoms with Crippen LogP contribution in [0.5, 0.6) is 0 Å². The van der Waals surface area contributed by atoms with Gasteiger partial charge in [-0.2, -0.15) is 0 Å². The van der Waals surface area contributed by atoms with Crippen LogP contribution < -0.4 is 11.1 Å². The van der Waals surface area contributed by atoms with Crippen LogP contribution in [0.2, 0.25) is 0 Å². The van der Waals surface area contributed by atoms with E-state index in [4.69, 9.17) is 10.9 Å². The molecular weight excluding hydrogens is 310 g/mol. The zero-order valence-corrected chi connectivity index (χ0v) is 12.8. The lowest BCUT2D eigenvalue weighted by Gasteiger charge is -2.28. The summed E-state index contributed by atoms with van der Waals surface area (Å²) in [6.07, 6.45) is 0.516. The molecule has 19 heavy (non-hydrogen) atoms. The van der Waals surface area contributed by atoms with Crippen molar-refractivity contribution in [2.45, 2.75) is 32.7 Å². The van der Waals surface area contributed by atoms with Crippen molar-refractivity contribution in [3.05, 3.63) is 33.8 Å². The Morgan fingerprint density at radius 3 is 2.74 bits per heavy atom. The first-order valence-electron chi connectivity index (χ1n) is 5.90. The van der Waals surface area contributed by atoms with Crippen molar-refractivity contribution >= 4 is 27.7 Å². The van der Waals surface area contributed by atoms with Gasteiger partial charge in [-0.1, -0.05) is 34.1 Å². The van der Waals surface area contributed by atoms with Crippen LogP contribution in [0.1, 0.15) is 36.2 Å². The average Bonchev–Trinajstić information content (AvgIpc) is 2.40. The second kappa shape index (κ2) is 6.06. The maximum atomic E-state index is 12.3. The number of hydrogen-bond acceptors (Lipinski definition) is 3. The lowest BCUT2D eigenvalue weighted by molar-refractivity contribution is 0.0924. The lowest BCUT2D eigenvalue weighted by Crippen LogP contribution is -2.55. The third kappa shape index (κ3) is 3.47. The van der Waals surface area contributed by atoms with Crippen molar-refractivity contribution < 1.29 is 10.0 Å². The topological polar surface area (TPSA) is 87.7 Å². The van der Waals surface area contributed by atoms with Crippen molar-refractivity contribution in [1.29, 1.82) is 0 Å². The predicted octanol–water partition coefficient (Wildman–Crippen LogP) is 2.40. The summed E-state index contributed by atoms with van der Waals surface area (Å²) in [5.41, 5.74) is 6.17. The third-order valence-electron chi connectivity index (χ3n) is 3.21. The molecule has 0 spiro atoms. The van der Waals surface area contributed by atoms with Crippen molar-refractivity contribution in [2.24, 2.45) is 10.9 Å². The van der Waals surface area contributed by atoms with E-state index in [2.05, 4.69) is 26.4 Å². The lowest BCUT2D eigenvalue weighted by atomic mass is 9.96. The number of amidine groups is 1. The fourth-order valence-electron chi connectivity index (χ4n) is 1.60. The van der Waals surface area contributed by atoms with Crippen LogP contribution >= 0.6 is 15.9 Å². The molecule has 1 atom stereocenters. The van der Waals surface area contributed by atoms with Gasteiger partial charge in [-0.05, 0) is 38.0 Å². The molecule has 0 saturated carbocycles. The van der Waals surface area contributed by atoms with Gasteiger partial charge in [0.15, 0.2) is 5.84 Å². The molecule has 1 amide bonds. The van der Waals surface area contributed by atoms with E-state index in [0.29, 0.717) is 12.0 Å². The van der Waals surface area contributed by atoms with Gasteiger partial charge in [0.2, 0.25) is 0 Å². The quantitative estimate of drug-likeness (QED) is 0.343. The molecule has 1 rings (SSSR count). The molecule has 6 heteroatoms. The van der Waals surface area contributed by atoms with Gasteiger partial charge in [-0.3, -0.25) is 4.79 Å². The van der Waals surface area contributed by atoms with Crippen molar-refractivity contribution in [3.63, 3.8) is 0 Å². The highest BCUT2D eigenvalue weighted by atomic mass is 79.9. The molecule has 1 aromatic carbocycles. The molecule has 0 saturated heterocycles. The number of benzene rings is 1. The van der Waals surface area contributed by atoms with Crippen LogP contribution in [0.25, 0.3) is 0 Å². The van der Waals surface area contributed by atoms with E-state index >= 15 is 0 Å². The summed E-state index contributed by atoms with van der Waals surface area (Å²) in [7, 11) is 0. The Hall–Kier alpha value is -1.56. The van der Waals surface area contributed by atoms with Gasteiger partial charge in [0, 0.05) is 10.0 Å². The van der Waals surface area contributed by atoms with Gasteiger partial charge in [0.05, 0.1) is 5.54 Å². The maximum absolute atomic E-state index is 12.3. The molecule has 0 radical (unpaired) electrons. The van der Waals surface area contributed by atoms with Crippen LogP contribution in [-0.2, 0) is 0 Å². The molecule has 0 bridgehead atoms. The van der Waals surface area contributed by atoms with Crippen LogP contribution in [0, 0.1) is 6.92 Å². The number of carbonyl (C=O) groups excluding carboxylic acids is 1. The van der Waals surface area contributed by atoms with Gasteiger partial charge < -0.3 is 16.3 Å². The Bertz CT molecular complexity index is 517. The largest absolute Gasteiger partial charge is 0.409 e. The Labute approximate surface area is 121 Å². The predicted molar refractivity (Wildman–Crippen MR) is 78.5 cm³/mol. The highest BCUT2D eigenvalue weighted by Crippen LogP contribution is 2.18. The smallest absolute Gasteiger partial charge is 0.252 e. The summed E-state index contributed by atoms with van der Waals surface area (Å²) in [6.45, 7) is 5.42. The Balaban J connectivity index is 3.05. The SMILES string of the molecule is CCC(C)(NC(=O)c1cc(Br)ccc1C)C(N)=NO. The first-order chi connectivity index (χ1) is 8.84. The molecular formula is C13H18BrN3O2. The molecule has 0 heterocycles. The van der Waals surface area contributed by atoms with Gasteiger partial charge in [0.1, 0.15) is 0 Å². The summed E-state index contributed by atoms with van der Waals surface area (Å²) < 4.78 is 0.824. The summed E-state index contributed by atoms with van der Waals surface area (Å²) in [5.74, 6) is -0.272. The number of halogens is 1. The number of carbonyl (C=O) groups is 1. The van der Waals surface area contributed by atoms with Crippen LogP contribution in [0.15, 0.2) is 27.8 Å². The molecule has 5 nitrogen and oxygen atoms in total. The number of aryl methyl sites for hydroxylation is 1. The molecule has 0 aliphatic heterocycles. The molecule has 1 unspecified atom stereocenters. The van der Waals surface area contributed by atoms with Crippen molar-refractivity contribution in [3.8, 4) is 0 Å². The molecule has 0 aromatic heterocycles. The van der Waals surface area contributed by atoms with E-state index in [1.165, 1.54) is 0 Å². The van der Waals surface area contributed by atoms with Crippen LogP contribution in [0.4, 0.5) is 0 Å². The van der Waals surface area contributed by atoms with E-state index in [0.717, 1.165) is 10.0 Å². The monoisotopic (exact) mass is 327 g/mol. The normalized spacial score (nSPS) is 14.8. The Morgan fingerprint density at radius 2 is 2.21 bits per heavy atom. The molecule has 104 valence electrons. The number of nitrogens with one attached hydrogen (secondary N) is 1. The minimum atomic E-state index is -0.874. The summed E-state index contributed by atoms with van der Waals surface area (Å²) in [4.78, 5) is 12.3. The zero-order valence-electron chi connectivity index (χ0n) is 11.2. The van der Waals surface area contributed by atoms with Crippen LogP contribution in [0.3, 0.4) is 0 Å². The highest BCUT2D eigenvalue weighted by molar-refractivity contribution is 9.10. The zero-order chi connectivity index (χ0) is 14.6. The van der Waals surface area contributed by atoms with Crippen molar-refractivity contribution in [1.82, 2.24) is 5.32 Å². The number of oxime groups is 1. The first kappa shape index (κ1) is 15.5. The van der Waals surface area contributed by atoms with Gasteiger partial charge in [0.25, 0.3) is 5.91 Å². The third-order valence-corrected chi connectivity index (χ3v) is 3.71. The summed E-state index contributed by atoms with van der Waals surface area (Å²) in [6, 6.07) is 5.47. The first-order valence-corrected chi connectivity index (χ1v) is 6.70. The van der Waals surface area contributed by atoms with Crippen LogP contribution in [-0.4, -0.2) is 22.5 Å². The fourth-order valence-corrected chi connectivity index (χ4v) is 1.96. The Kier molecular flexibility index (Phi) is 4.94. The summed E-state index contributed by atoms with van der Waals surface area (Å²) >= 11 is 3.34. The number of nitrogens with two attached hydrogens (primary N) is 1. The van der Waals surface area contributed by atoms with Gasteiger partial charge >= 0.3 is 0 Å². The fraction of sp³-hybridized carbons (Fsp3) is 0.385.